The van der Waals surface area contributed by atoms with Crippen molar-refractivity contribution in [3.8, 4) is 17.0 Å². The molecule has 0 fully saturated rings. The molecule has 2 heterocycles. The lowest BCUT2D eigenvalue weighted by molar-refractivity contribution is 0.412. The fraction of sp³-hybridized carbons (Fsp3) is 0.154. The van der Waals surface area contributed by atoms with Crippen molar-refractivity contribution in [1.29, 1.82) is 0 Å². The Morgan fingerprint density at radius 1 is 1.32 bits per heavy atom. The minimum atomic E-state index is 0.792. The number of hydrogen-bond donors (Lipinski definition) is 0. The number of aromatic nitrogens is 4. The maximum atomic E-state index is 5.23. The van der Waals surface area contributed by atoms with Crippen LogP contribution in [-0.4, -0.2) is 26.9 Å². The van der Waals surface area contributed by atoms with Gasteiger partial charge in [0.2, 0.25) is 0 Å². The molecule has 6 heteroatoms. The van der Waals surface area contributed by atoms with E-state index in [1.54, 1.807) is 18.0 Å². The standard InChI is InChI=1S/C13H11BrN4O/c1-18-13-9(6-15-7-16-13)12(17-18)8-3-4-11(19-2)10(14)5-8/h3-7H,1-2H3. The second-order valence-corrected chi connectivity index (χ2v) is 4.94. The van der Waals surface area contributed by atoms with Crippen LogP contribution in [0, 0.1) is 0 Å². The Bertz CT molecular complexity index is 753. The molecule has 0 spiro atoms. The molecule has 5 nitrogen and oxygen atoms in total. The van der Waals surface area contributed by atoms with Crippen LogP contribution in [0.15, 0.2) is 35.2 Å². The number of aryl methyl sites for hydroxylation is 1. The second-order valence-electron chi connectivity index (χ2n) is 4.08. The van der Waals surface area contributed by atoms with Crippen LogP contribution < -0.4 is 4.74 Å². The van der Waals surface area contributed by atoms with Crippen LogP contribution in [0.2, 0.25) is 0 Å². The summed E-state index contributed by atoms with van der Waals surface area (Å²) in [6, 6.07) is 5.86. The van der Waals surface area contributed by atoms with Crippen LogP contribution in [0.1, 0.15) is 0 Å². The van der Waals surface area contributed by atoms with Gasteiger partial charge in [-0.15, -0.1) is 0 Å². The molecule has 2 aromatic heterocycles. The van der Waals surface area contributed by atoms with Crippen molar-refractivity contribution < 1.29 is 4.74 Å². The fourth-order valence-corrected chi connectivity index (χ4v) is 2.57. The van der Waals surface area contributed by atoms with Gasteiger partial charge in [-0.05, 0) is 34.1 Å². The zero-order valence-corrected chi connectivity index (χ0v) is 12.0. The molecule has 96 valence electrons. The molecule has 1 aromatic carbocycles. The van der Waals surface area contributed by atoms with E-state index in [1.165, 1.54) is 6.33 Å². The van der Waals surface area contributed by atoms with Crippen molar-refractivity contribution in [1.82, 2.24) is 19.7 Å². The first kappa shape index (κ1) is 12.1. The van der Waals surface area contributed by atoms with E-state index in [9.17, 15) is 0 Å². The highest BCUT2D eigenvalue weighted by Crippen LogP contribution is 2.32. The van der Waals surface area contributed by atoms with Crippen molar-refractivity contribution in [2.75, 3.05) is 7.11 Å². The minimum Gasteiger partial charge on any atom is -0.496 e. The molecule has 0 aliphatic heterocycles. The van der Waals surface area contributed by atoms with E-state index in [4.69, 9.17) is 4.74 Å². The molecule has 0 bridgehead atoms. The van der Waals surface area contributed by atoms with Gasteiger partial charge >= 0.3 is 0 Å². The summed E-state index contributed by atoms with van der Waals surface area (Å²) in [5.74, 6) is 0.792. The number of nitrogens with zero attached hydrogens (tertiary/aromatic N) is 4. The lowest BCUT2D eigenvalue weighted by Crippen LogP contribution is -1.91. The monoisotopic (exact) mass is 318 g/mol. The number of hydrogen-bond acceptors (Lipinski definition) is 4. The summed E-state index contributed by atoms with van der Waals surface area (Å²) >= 11 is 3.48. The quantitative estimate of drug-likeness (QED) is 0.729. The van der Waals surface area contributed by atoms with Gasteiger partial charge in [-0.1, -0.05) is 0 Å². The third-order valence-corrected chi connectivity index (χ3v) is 3.55. The van der Waals surface area contributed by atoms with E-state index in [0.29, 0.717) is 0 Å². The highest BCUT2D eigenvalue weighted by Gasteiger charge is 2.13. The van der Waals surface area contributed by atoms with Gasteiger partial charge in [0.1, 0.15) is 17.8 Å². The number of rotatable bonds is 2. The molecule has 0 unspecified atom stereocenters. The Labute approximate surface area is 118 Å². The lowest BCUT2D eigenvalue weighted by Gasteiger charge is -2.04. The molecule has 0 amide bonds. The topological polar surface area (TPSA) is 52.8 Å². The number of halogens is 1. The molecule has 3 rings (SSSR count). The Kier molecular flexibility index (Phi) is 2.94. The van der Waals surface area contributed by atoms with E-state index < -0.39 is 0 Å². The predicted octanol–water partition coefficient (Wildman–Crippen LogP) is 2.80. The normalized spacial score (nSPS) is 10.9. The SMILES string of the molecule is COc1ccc(-c2nn(C)c3ncncc23)cc1Br. The summed E-state index contributed by atoms with van der Waals surface area (Å²) in [5.41, 5.74) is 2.67. The zero-order valence-electron chi connectivity index (χ0n) is 10.5. The van der Waals surface area contributed by atoms with E-state index in [1.807, 2.05) is 25.2 Å². The van der Waals surface area contributed by atoms with Gasteiger partial charge in [-0.25, -0.2) is 14.6 Å². The van der Waals surface area contributed by atoms with E-state index >= 15 is 0 Å². The van der Waals surface area contributed by atoms with Crippen molar-refractivity contribution in [3.05, 3.63) is 35.2 Å². The Morgan fingerprint density at radius 3 is 2.89 bits per heavy atom. The first-order valence-electron chi connectivity index (χ1n) is 5.67. The average Bonchev–Trinajstić information content (AvgIpc) is 2.77. The smallest absolute Gasteiger partial charge is 0.161 e. The molecule has 0 radical (unpaired) electrons. The average molecular weight is 319 g/mol. The molecular weight excluding hydrogens is 308 g/mol. The first-order valence-corrected chi connectivity index (χ1v) is 6.46. The van der Waals surface area contributed by atoms with E-state index in [0.717, 1.165) is 32.5 Å². The summed E-state index contributed by atoms with van der Waals surface area (Å²) < 4.78 is 7.88. The highest BCUT2D eigenvalue weighted by atomic mass is 79.9. The number of fused-ring (bicyclic) bond motifs is 1. The molecule has 0 atom stereocenters. The molecule has 3 aromatic rings. The summed E-state index contributed by atoms with van der Waals surface area (Å²) in [7, 11) is 3.52. The largest absolute Gasteiger partial charge is 0.496 e. The molecule has 19 heavy (non-hydrogen) atoms. The Morgan fingerprint density at radius 2 is 2.16 bits per heavy atom. The third kappa shape index (κ3) is 1.98. The van der Waals surface area contributed by atoms with Crippen LogP contribution >= 0.6 is 15.9 Å². The summed E-state index contributed by atoms with van der Waals surface area (Å²) in [5, 5.41) is 5.44. The first-order chi connectivity index (χ1) is 9.20. The van der Waals surface area contributed by atoms with Gasteiger partial charge < -0.3 is 4.74 Å². The van der Waals surface area contributed by atoms with Crippen LogP contribution in [0.3, 0.4) is 0 Å². The lowest BCUT2D eigenvalue weighted by atomic mass is 10.1. The van der Waals surface area contributed by atoms with Crippen molar-refractivity contribution in [3.63, 3.8) is 0 Å². The number of benzene rings is 1. The Balaban J connectivity index is 2.22. The molecule has 0 aliphatic carbocycles. The summed E-state index contributed by atoms with van der Waals surface area (Å²) in [4.78, 5) is 8.30. The second kappa shape index (κ2) is 4.62. The van der Waals surface area contributed by atoms with Gasteiger partial charge in [-0.3, -0.25) is 0 Å². The molecular formula is C13H11BrN4O. The van der Waals surface area contributed by atoms with Crippen LogP contribution in [0.25, 0.3) is 22.3 Å². The van der Waals surface area contributed by atoms with E-state index in [-0.39, 0.29) is 0 Å². The maximum Gasteiger partial charge on any atom is 0.161 e. The van der Waals surface area contributed by atoms with Gasteiger partial charge in [0.05, 0.1) is 17.0 Å². The third-order valence-electron chi connectivity index (χ3n) is 2.93. The van der Waals surface area contributed by atoms with Crippen LogP contribution in [0.5, 0.6) is 5.75 Å². The minimum absolute atomic E-state index is 0.792. The van der Waals surface area contributed by atoms with Gasteiger partial charge in [-0.2, -0.15) is 5.10 Å². The van der Waals surface area contributed by atoms with Gasteiger partial charge in [0.25, 0.3) is 0 Å². The molecule has 0 saturated carbocycles. The number of methoxy groups -OCH3 is 1. The van der Waals surface area contributed by atoms with Gasteiger partial charge in [0.15, 0.2) is 5.65 Å². The van der Waals surface area contributed by atoms with Crippen molar-refractivity contribution in [2.45, 2.75) is 0 Å². The van der Waals surface area contributed by atoms with Crippen LogP contribution in [-0.2, 0) is 7.05 Å². The summed E-state index contributed by atoms with van der Waals surface area (Å²) in [6.07, 6.45) is 3.31. The zero-order chi connectivity index (χ0) is 13.4. The highest BCUT2D eigenvalue weighted by molar-refractivity contribution is 9.10. The van der Waals surface area contributed by atoms with Crippen molar-refractivity contribution in [2.24, 2.45) is 7.05 Å². The molecule has 0 aliphatic rings. The van der Waals surface area contributed by atoms with Gasteiger partial charge in [0, 0.05) is 18.8 Å². The van der Waals surface area contributed by atoms with E-state index in [2.05, 4.69) is 31.0 Å². The maximum absolute atomic E-state index is 5.23. The molecule has 0 N–H and O–H groups in total. The molecule has 0 saturated heterocycles. The van der Waals surface area contributed by atoms with Crippen molar-refractivity contribution >= 4 is 27.0 Å². The summed E-state index contributed by atoms with van der Waals surface area (Å²) in [6.45, 7) is 0. The fourth-order valence-electron chi connectivity index (χ4n) is 2.03. The van der Waals surface area contributed by atoms with Crippen LogP contribution in [0.4, 0.5) is 0 Å². The number of ether oxygens (including phenoxy) is 1. The Hall–Kier alpha value is -1.95. The predicted molar refractivity (Wildman–Crippen MR) is 76.0 cm³/mol.